The smallest absolute Gasteiger partial charge is 0.256 e. The summed E-state index contributed by atoms with van der Waals surface area (Å²) >= 11 is 5.84. The highest BCUT2D eigenvalue weighted by atomic mass is 35.5. The van der Waals surface area contributed by atoms with E-state index in [1.165, 1.54) is 12.0 Å². The number of carbonyl (C=O) groups is 2. The van der Waals surface area contributed by atoms with Crippen LogP contribution in [-0.4, -0.2) is 25.0 Å². The van der Waals surface area contributed by atoms with Gasteiger partial charge in [-0.15, -0.1) is 0 Å². The molecular formula is C17H15ClN2O3. The van der Waals surface area contributed by atoms with Crippen molar-refractivity contribution >= 4 is 34.8 Å². The van der Waals surface area contributed by atoms with E-state index in [-0.39, 0.29) is 18.2 Å². The predicted molar refractivity (Wildman–Crippen MR) is 89.0 cm³/mol. The lowest BCUT2D eigenvalue weighted by atomic mass is 10.2. The zero-order chi connectivity index (χ0) is 16.4. The van der Waals surface area contributed by atoms with Gasteiger partial charge in [-0.3, -0.25) is 9.59 Å². The number of methoxy groups -OCH3 is 1. The topological polar surface area (TPSA) is 58.6 Å². The quantitative estimate of drug-likeness (QED) is 0.875. The third-order valence-electron chi connectivity index (χ3n) is 3.64. The Morgan fingerprint density at radius 1 is 1.17 bits per heavy atom. The summed E-state index contributed by atoms with van der Waals surface area (Å²) in [5.41, 5.74) is 1.26. The molecule has 0 saturated carbocycles. The van der Waals surface area contributed by atoms with Crippen LogP contribution in [0.15, 0.2) is 48.5 Å². The van der Waals surface area contributed by atoms with Crippen LogP contribution < -0.4 is 15.0 Å². The summed E-state index contributed by atoms with van der Waals surface area (Å²) in [4.78, 5) is 26.0. The molecule has 0 spiro atoms. The summed E-state index contributed by atoms with van der Waals surface area (Å²) in [6, 6.07) is 13.3. The van der Waals surface area contributed by atoms with E-state index in [0.29, 0.717) is 16.5 Å². The van der Waals surface area contributed by atoms with Gasteiger partial charge in [0.1, 0.15) is 11.8 Å². The summed E-state index contributed by atoms with van der Waals surface area (Å²) in [6.45, 7) is 0. The fraction of sp³-hybridized carbons (Fsp3) is 0.176. The Morgan fingerprint density at radius 3 is 2.61 bits per heavy atom. The molecule has 1 saturated heterocycles. The van der Waals surface area contributed by atoms with Crippen molar-refractivity contribution in [1.29, 1.82) is 0 Å². The molecule has 0 unspecified atom stereocenters. The van der Waals surface area contributed by atoms with Crippen molar-refractivity contribution < 1.29 is 14.3 Å². The molecule has 1 atom stereocenters. The lowest BCUT2D eigenvalue weighted by Crippen LogP contribution is -2.34. The highest BCUT2D eigenvalue weighted by Gasteiger charge is 2.39. The lowest BCUT2D eigenvalue weighted by molar-refractivity contribution is -0.121. The number of hydrogen-bond acceptors (Lipinski definition) is 4. The van der Waals surface area contributed by atoms with Gasteiger partial charge in [0.25, 0.3) is 5.91 Å². The Labute approximate surface area is 138 Å². The molecule has 3 rings (SSSR count). The molecule has 1 aliphatic heterocycles. The molecule has 2 aromatic carbocycles. The molecule has 1 aliphatic rings. The molecular weight excluding hydrogens is 316 g/mol. The first-order valence-corrected chi connectivity index (χ1v) is 7.49. The molecule has 23 heavy (non-hydrogen) atoms. The van der Waals surface area contributed by atoms with E-state index in [2.05, 4.69) is 5.32 Å². The number of amides is 2. The standard InChI is InChI=1S/C17H15ClN2O3/c1-23-14-4-2-3-13(9-14)20-16(21)10-15(17(20)22)19-12-7-5-11(18)6-8-12/h2-9,15,19H,10H2,1H3/t15-/m1/s1. The second-order valence-corrected chi connectivity index (χ2v) is 5.61. The summed E-state index contributed by atoms with van der Waals surface area (Å²) in [5.74, 6) is 0.0742. The third kappa shape index (κ3) is 3.14. The maximum absolute atomic E-state index is 12.6. The van der Waals surface area contributed by atoms with E-state index in [9.17, 15) is 9.59 Å². The van der Waals surface area contributed by atoms with Gasteiger partial charge in [-0.2, -0.15) is 0 Å². The third-order valence-corrected chi connectivity index (χ3v) is 3.90. The van der Waals surface area contributed by atoms with Crippen LogP contribution in [0.2, 0.25) is 5.02 Å². The summed E-state index contributed by atoms with van der Waals surface area (Å²) in [7, 11) is 1.54. The lowest BCUT2D eigenvalue weighted by Gasteiger charge is -2.16. The molecule has 0 radical (unpaired) electrons. The molecule has 1 N–H and O–H groups in total. The molecule has 2 amide bonds. The number of imide groups is 1. The fourth-order valence-corrected chi connectivity index (χ4v) is 2.64. The zero-order valence-electron chi connectivity index (χ0n) is 12.5. The Kier molecular flexibility index (Phi) is 4.21. The van der Waals surface area contributed by atoms with Crippen LogP contribution in [0.3, 0.4) is 0 Å². The minimum atomic E-state index is -0.588. The summed E-state index contributed by atoms with van der Waals surface area (Å²) in [6.07, 6.45) is 0.110. The fourth-order valence-electron chi connectivity index (χ4n) is 2.51. The zero-order valence-corrected chi connectivity index (χ0v) is 13.2. The molecule has 2 aromatic rings. The van der Waals surface area contributed by atoms with E-state index in [0.717, 1.165) is 5.69 Å². The van der Waals surface area contributed by atoms with E-state index in [4.69, 9.17) is 16.3 Å². The first-order chi connectivity index (χ1) is 11.1. The summed E-state index contributed by atoms with van der Waals surface area (Å²) < 4.78 is 5.14. The van der Waals surface area contributed by atoms with Crippen LogP contribution in [0.1, 0.15) is 6.42 Å². The highest BCUT2D eigenvalue weighted by molar-refractivity contribution is 6.30. The van der Waals surface area contributed by atoms with Crippen molar-refractivity contribution in [2.24, 2.45) is 0 Å². The second-order valence-electron chi connectivity index (χ2n) is 5.18. The first kappa shape index (κ1) is 15.4. The van der Waals surface area contributed by atoms with Crippen LogP contribution in [-0.2, 0) is 9.59 Å². The summed E-state index contributed by atoms with van der Waals surface area (Å²) in [5, 5.41) is 3.69. The van der Waals surface area contributed by atoms with Crippen LogP contribution in [0.25, 0.3) is 0 Å². The maximum atomic E-state index is 12.6. The van der Waals surface area contributed by atoms with Gasteiger partial charge in [-0.05, 0) is 36.4 Å². The largest absolute Gasteiger partial charge is 0.497 e. The average Bonchev–Trinajstić information content (AvgIpc) is 2.83. The van der Waals surface area contributed by atoms with Gasteiger partial charge < -0.3 is 10.1 Å². The number of nitrogens with zero attached hydrogens (tertiary/aromatic N) is 1. The van der Waals surface area contributed by atoms with E-state index < -0.39 is 6.04 Å². The minimum absolute atomic E-state index is 0.110. The van der Waals surface area contributed by atoms with Crippen molar-refractivity contribution in [2.75, 3.05) is 17.3 Å². The van der Waals surface area contributed by atoms with Crippen LogP contribution in [0.5, 0.6) is 5.75 Å². The Balaban J connectivity index is 1.80. The SMILES string of the molecule is COc1cccc(N2C(=O)C[C@@H](Nc3ccc(Cl)cc3)C2=O)c1. The first-order valence-electron chi connectivity index (χ1n) is 7.11. The predicted octanol–water partition coefficient (Wildman–Crippen LogP) is 3.09. The average molecular weight is 331 g/mol. The van der Waals surface area contributed by atoms with Gasteiger partial charge in [-0.25, -0.2) is 4.90 Å². The Bertz CT molecular complexity index is 746. The number of halogens is 1. The Morgan fingerprint density at radius 2 is 1.91 bits per heavy atom. The molecule has 1 heterocycles. The molecule has 118 valence electrons. The minimum Gasteiger partial charge on any atom is -0.497 e. The molecule has 6 heteroatoms. The number of hydrogen-bond donors (Lipinski definition) is 1. The normalized spacial score (nSPS) is 17.5. The number of ether oxygens (including phenoxy) is 1. The van der Waals surface area contributed by atoms with Gasteiger partial charge in [0, 0.05) is 16.8 Å². The van der Waals surface area contributed by atoms with Gasteiger partial charge in [-0.1, -0.05) is 17.7 Å². The number of nitrogens with one attached hydrogen (secondary N) is 1. The van der Waals surface area contributed by atoms with Gasteiger partial charge in [0.2, 0.25) is 5.91 Å². The van der Waals surface area contributed by atoms with Gasteiger partial charge in [0.15, 0.2) is 0 Å². The van der Waals surface area contributed by atoms with Crippen molar-refractivity contribution in [3.63, 3.8) is 0 Å². The van der Waals surface area contributed by atoms with Crippen molar-refractivity contribution in [2.45, 2.75) is 12.5 Å². The van der Waals surface area contributed by atoms with Crippen molar-refractivity contribution in [1.82, 2.24) is 0 Å². The van der Waals surface area contributed by atoms with E-state index >= 15 is 0 Å². The van der Waals surface area contributed by atoms with E-state index in [1.807, 2.05) is 0 Å². The van der Waals surface area contributed by atoms with Gasteiger partial charge >= 0.3 is 0 Å². The van der Waals surface area contributed by atoms with Gasteiger partial charge in [0.05, 0.1) is 19.2 Å². The van der Waals surface area contributed by atoms with Crippen molar-refractivity contribution in [3.8, 4) is 5.75 Å². The van der Waals surface area contributed by atoms with Crippen LogP contribution >= 0.6 is 11.6 Å². The molecule has 0 aromatic heterocycles. The molecule has 0 aliphatic carbocycles. The number of benzene rings is 2. The number of rotatable bonds is 4. The maximum Gasteiger partial charge on any atom is 0.256 e. The second kappa shape index (κ2) is 6.30. The van der Waals surface area contributed by atoms with Crippen LogP contribution in [0, 0.1) is 0 Å². The van der Waals surface area contributed by atoms with Crippen molar-refractivity contribution in [3.05, 3.63) is 53.6 Å². The highest BCUT2D eigenvalue weighted by Crippen LogP contribution is 2.27. The molecule has 1 fully saturated rings. The van der Waals surface area contributed by atoms with Crippen LogP contribution in [0.4, 0.5) is 11.4 Å². The molecule has 0 bridgehead atoms. The Hall–Kier alpha value is -2.53. The number of anilines is 2. The van der Waals surface area contributed by atoms with E-state index in [1.54, 1.807) is 48.5 Å². The monoisotopic (exact) mass is 330 g/mol. The number of carbonyl (C=O) groups excluding carboxylic acids is 2. The molecule has 5 nitrogen and oxygen atoms in total.